The monoisotopic (exact) mass is 348 g/mol. The molecule has 2 heteroatoms. The van der Waals surface area contributed by atoms with Crippen molar-refractivity contribution in [2.75, 3.05) is 12.4 Å². The quantitative estimate of drug-likeness (QED) is 0.318. The number of thioether (sulfide) groups is 1. The van der Waals surface area contributed by atoms with Gasteiger partial charge in [0.2, 0.25) is 0 Å². The zero-order valence-corrected chi connectivity index (χ0v) is 16.6. The third kappa shape index (κ3) is 8.07. The number of rotatable bonds is 11. The van der Waals surface area contributed by atoms with Gasteiger partial charge in [-0.25, -0.2) is 0 Å². The van der Waals surface area contributed by atoms with Crippen LogP contribution in [0.5, 0.6) is 0 Å². The fourth-order valence-corrected chi connectivity index (χ4v) is 4.52. The van der Waals surface area contributed by atoms with E-state index in [1.165, 1.54) is 74.9 Å². The molecule has 0 radical (unpaired) electrons. The zero-order valence-electron chi connectivity index (χ0n) is 15.8. The third-order valence-corrected chi connectivity index (χ3v) is 6.10. The molecule has 24 heavy (non-hydrogen) atoms. The first-order valence-corrected chi connectivity index (χ1v) is 11.1. The minimum Gasteiger partial charge on any atom is -0.378 e. The standard InChI is InChI=1S/C22H36OS/c1-19(2)11-10-13-20-12-5-6-16-22(20)24-18-9-3-4-14-21-15-7-8-17-23-21/h5-6,12,16,19,21H,3-4,7-11,13-15,17-18H2,1-2H3. The Hall–Kier alpha value is -0.470. The molecule has 1 nitrogen and oxygen atoms in total. The minimum absolute atomic E-state index is 0.563. The van der Waals surface area contributed by atoms with Gasteiger partial charge in [-0.15, -0.1) is 11.8 Å². The van der Waals surface area contributed by atoms with Gasteiger partial charge in [0.05, 0.1) is 6.10 Å². The highest BCUT2D eigenvalue weighted by Crippen LogP contribution is 2.26. The van der Waals surface area contributed by atoms with Crippen molar-refractivity contribution < 1.29 is 4.74 Å². The normalized spacial score (nSPS) is 18.2. The van der Waals surface area contributed by atoms with Crippen LogP contribution in [0.4, 0.5) is 0 Å². The number of benzene rings is 1. The lowest BCUT2D eigenvalue weighted by Gasteiger charge is -2.22. The Morgan fingerprint density at radius 3 is 2.75 bits per heavy atom. The molecule has 0 aliphatic carbocycles. The lowest BCUT2D eigenvalue weighted by Crippen LogP contribution is -2.18. The van der Waals surface area contributed by atoms with Crippen LogP contribution in [-0.2, 0) is 11.2 Å². The van der Waals surface area contributed by atoms with E-state index >= 15 is 0 Å². The first-order chi connectivity index (χ1) is 11.8. The van der Waals surface area contributed by atoms with Crippen molar-refractivity contribution in [3.8, 4) is 0 Å². The van der Waals surface area contributed by atoms with E-state index in [1.54, 1.807) is 5.56 Å². The summed E-state index contributed by atoms with van der Waals surface area (Å²) < 4.78 is 5.82. The van der Waals surface area contributed by atoms with Gasteiger partial charge in [0.25, 0.3) is 0 Å². The second kappa shape index (κ2) is 12.0. The van der Waals surface area contributed by atoms with Crippen LogP contribution >= 0.6 is 11.8 Å². The molecule has 1 heterocycles. The van der Waals surface area contributed by atoms with Crippen LogP contribution in [-0.4, -0.2) is 18.5 Å². The van der Waals surface area contributed by atoms with Crippen LogP contribution in [0.15, 0.2) is 29.2 Å². The van der Waals surface area contributed by atoms with Crippen LogP contribution in [0.25, 0.3) is 0 Å². The van der Waals surface area contributed by atoms with Crippen molar-refractivity contribution in [3.05, 3.63) is 29.8 Å². The van der Waals surface area contributed by atoms with Gasteiger partial charge >= 0.3 is 0 Å². The summed E-state index contributed by atoms with van der Waals surface area (Å²) in [6.07, 6.45) is 13.7. The molecule has 1 saturated heterocycles. The van der Waals surface area contributed by atoms with E-state index in [9.17, 15) is 0 Å². The smallest absolute Gasteiger partial charge is 0.0575 e. The summed E-state index contributed by atoms with van der Waals surface area (Å²) in [6.45, 7) is 5.63. The zero-order chi connectivity index (χ0) is 17.0. The molecular formula is C22H36OS. The highest BCUT2D eigenvalue weighted by molar-refractivity contribution is 7.99. The lowest BCUT2D eigenvalue weighted by atomic mass is 10.0. The van der Waals surface area contributed by atoms with Crippen LogP contribution in [0, 0.1) is 5.92 Å². The second-order valence-corrected chi connectivity index (χ2v) is 8.72. The Kier molecular flexibility index (Phi) is 9.91. The summed E-state index contributed by atoms with van der Waals surface area (Å²) in [5.74, 6) is 2.07. The van der Waals surface area contributed by atoms with E-state index in [2.05, 4.69) is 49.9 Å². The van der Waals surface area contributed by atoms with Gasteiger partial charge in [0.1, 0.15) is 0 Å². The third-order valence-electron chi connectivity index (χ3n) is 4.90. The molecule has 0 bridgehead atoms. The van der Waals surface area contributed by atoms with Crippen LogP contribution in [0.3, 0.4) is 0 Å². The van der Waals surface area contributed by atoms with Crippen molar-refractivity contribution in [2.24, 2.45) is 5.92 Å². The Labute approximate surface area is 154 Å². The number of aryl methyl sites for hydroxylation is 1. The lowest BCUT2D eigenvalue weighted by molar-refractivity contribution is 0.00985. The SMILES string of the molecule is CC(C)CCCc1ccccc1SCCCCCC1CCCCO1. The molecular weight excluding hydrogens is 312 g/mol. The predicted octanol–water partition coefficient (Wildman–Crippen LogP) is 6.89. The minimum atomic E-state index is 0.563. The summed E-state index contributed by atoms with van der Waals surface area (Å²) in [5, 5.41) is 0. The molecule has 0 spiro atoms. The number of unbranched alkanes of at least 4 members (excludes halogenated alkanes) is 2. The molecule has 1 aliphatic rings. The molecule has 1 aliphatic heterocycles. The Bertz CT molecular complexity index is 437. The Morgan fingerprint density at radius 2 is 1.96 bits per heavy atom. The van der Waals surface area contributed by atoms with Crippen LogP contribution in [0.2, 0.25) is 0 Å². The average Bonchev–Trinajstić information content (AvgIpc) is 2.60. The maximum absolute atomic E-state index is 5.82. The van der Waals surface area contributed by atoms with Gasteiger partial charge in [0, 0.05) is 11.5 Å². The highest BCUT2D eigenvalue weighted by Gasteiger charge is 2.12. The van der Waals surface area contributed by atoms with Crippen molar-refractivity contribution in [2.45, 2.75) is 89.1 Å². The highest BCUT2D eigenvalue weighted by atomic mass is 32.2. The number of hydrogen-bond acceptors (Lipinski definition) is 2. The summed E-state index contributed by atoms with van der Waals surface area (Å²) in [6, 6.07) is 9.02. The first kappa shape index (κ1) is 19.8. The molecule has 1 aromatic carbocycles. The molecule has 2 rings (SSSR count). The molecule has 1 aromatic rings. The van der Waals surface area contributed by atoms with E-state index in [0.29, 0.717) is 6.10 Å². The van der Waals surface area contributed by atoms with Crippen molar-refractivity contribution >= 4 is 11.8 Å². The molecule has 0 amide bonds. The van der Waals surface area contributed by atoms with Crippen molar-refractivity contribution in [3.63, 3.8) is 0 Å². The van der Waals surface area contributed by atoms with Gasteiger partial charge in [-0.1, -0.05) is 51.3 Å². The van der Waals surface area contributed by atoms with Crippen LogP contribution in [0.1, 0.15) is 77.2 Å². The Morgan fingerprint density at radius 1 is 1.08 bits per heavy atom. The van der Waals surface area contributed by atoms with E-state index < -0.39 is 0 Å². The van der Waals surface area contributed by atoms with E-state index in [1.807, 2.05) is 0 Å². The maximum atomic E-state index is 5.82. The van der Waals surface area contributed by atoms with Gasteiger partial charge in [-0.2, -0.15) is 0 Å². The molecule has 1 fully saturated rings. The molecule has 0 N–H and O–H groups in total. The number of hydrogen-bond donors (Lipinski definition) is 0. The van der Waals surface area contributed by atoms with E-state index in [-0.39, 0.29) is 0 Å². The first-order valence-electron chi connectivity index (χ1n) is 10.1. The van der Waals surface area contributed by atoms with Gasteiger partial charge in [-0.3, -0.25) is 0 Å². The topological polar surface area (TPSA) is 9.23 Å². The maximum Gasteiger partial charge on any atom is 0.0575 e. The molecule has 0 saturated carbocycles. The second-order valence-electron chi connectivity index (χ2n) is 7.58. The summed E-state index contributed by atoms with van der Waals surface area (Å²) in [7, 11) is 0. The van der Waals surface area contributed by atoms with Gasteiger partial charge in [0.15, 0.2) is 0 Å². The average molecular weight is 349 g/mol. The number of ether oxygens (including phenoxy) is 1. The summed E-state index contributed by atoms with van der Waals surface area (Å²) in [5.41, 5.74) is 1.55. The van der Waals surface area contributed by atoms with E-state index in [4.69, 9.17) is 4.74 Å². The predicted molar refractivity (Wildman–Crippen MR) is 107 cm³/mol. The van der Waals surface area contributed by atoms with Gasteiger partial charge < -0.3 is 4.74 Å². The molecule has 1 atom stereocenters. The molecule has 136 valence electrons. The molecule has 1 unspecified atom stereocenters. The van der Waals surface area contributed by atoms with Crippen LogP contribution < -0.4 is 0 Å². The fraction of sp³-hybridized carbons (Fsp3) is 0.727. The van der Waals surface area contributed by atoms with Gasteiger partial charge in [-0.05, 0) is 68.2 Å². The fourth-order valence-electron chi connectivity index (χ4n) is 3.42. The van der Waals surface area contributed by atoms with Crippen molar-refractivity contribution in [1.29, 1.82) is 0 Å². The summed E-state index contributed by atoms with van der Waals surface area (Å²) in [4.78, 5) is 1.51. The summed E-state index contributed by atoms with van der Waals surface area (Å²) >= 11 is 2.06. The van der Waals surface area contributed by atoms with E-state index in [0.717, 1.165) is 12.5 Å². The van der Waals surface area contributed by atoms with Crippen molar-refractivity contribution in [1.82, 2.24) is 0 Å². The largest absolute Gasteiger partial charge is 0.378 e. The Balaban J connectivity index is 1.59. The molecule has 0 aromatic heterocycles.